The number of aliphatic carboxylic acids is 1. The molecule has 170 valence electrons. The monoisotopic (exact) mass is 462 g/mol. The molecule has 2 heterocycles. The van der Waals surface area contributed by atoms with Gasteiger partial charge in [-0.1, -0.05) is 30.3 Å². The minimum absolute atomic E-state index is 0.559. The molecule has 0 radical (unpaired) electrons. The van der Waals surface area contributed by atoms with Crippen molar-refractivity contribution < 1.29 is 14.3 Å². The van der Waals surface area contributed by atoms with Gasteiger partial charge in [0.2, 0.25) is 0 Å². The highest BCUT2D eigenvalue weighted by atomic mass is 32.2. The number of furan rings is 1. The molecule has 0 saturated carbocycles. The molecule has 33 heavy (non-hydrogen) atoms. The maximum Gasteiger partial charge on any atom is 0.319 e. The number of hydrogen-bond donors (Lipinski definition) is 1. The third-order valence-electron chi connectivity index (χ3n) is 5.10. The van der Waals surface area contributed by atoms with E-state index < -0.39 is 10.7 Å². The number of hydrogen-bond acceptors (Lipinski definition) is 6. The Labute approximate surface area is 197 Å². The Bertz CT molecular complexity index is 1170. The van der Waals surface area contributed by atoms with Crippen molar-refractivity contribution in [2.24, 2.45) is 0 Å². The van der Waals surface area contributed by atoms with Crippen molar-refractivity contribution in [3.8, 4) is 5.69 Å². The van der Waals surface area contributed by atoms with E-state index in [1.807, 2.05) is 66.7 Å². The van der Waals surface area contributed by atoms with E-state index >= 15 is 0 Å². The van der Waals surface area contributed by atoms with Crippen LogP contribution in [0.5, 0.6) is 0 Å². The van der Waals surface area contributed by atoms with Gasteiger partial charge in [0.25, 0.3) is 0 Å². The van der Waals surface area contributed by atoms with Gasteiger partial charge in [0.05, 0.1) is 25.0 Å². The van der Waals surface area contributed by atoms with E-state index in [-0.39, 0.29) is 0 Å². The summed E-state index contributed by atoms with van der Waals surface area (Å²) in [6.07, 6.45) is 3.40. The molecule has 0 fully saturated rings. The number of thioether (sulfide) groups is 1. The molecular weight excluding hydrogens is 436 g/mol. The Morgan fingerprint density at radius 1 is 1.03 bits per heavy atom. The summed E-state index contributed by atoms with van der Waals surface area (Å²) < 4.78 is 6.46. The lowest BCUT2D eigenvalue weighted by Crippen LogP contribution is -2.26. The fraction of sp³-hybridized carbons (Fsp3) is 0.240. The van der Waals surface area contributed by atoms with E-state index in [0.717, 1.165) is 27.7 Å². The SMILES string of the molecule is CC(C)(Sc1ccc(CN(Cc2ncn(-c3ccccc3)n2)Cc2ccco2)cc1)C(=O)O. The average molecular weight is 463 g/mol. The van der Waals surface area contributed by atoms with Crippen molar-refractivity contribution in [2.75, 3.05) is 0 Å². The van der Waals surface area contributed by atoms with E-state index in [4.69, 9.17) is 4.42 Å². The topological polar surface area (TPSA) is 84.4 Å². The van der Waals surface area contributed by atoms with Crippen molar-refractivity contribution in [1.82, 2.24) is 19.7 Å². The molecule has 0 bridgehead atoms. The van der Waals surface area contributed by atoms with E-state index in [0.29, 0.717) is 19.6 Å². The second kappa shape index (κ2) is 10.1. The zero-order chi connectivity index (χ0) is 23.3. The summed E-state index contributed by atoms with van der Waals surface area (Å²) in [6.45, 7) is 5.27. The van der Waals surface area contributed by atoms with E-state index in [9.17, 15) is 9.90 Å². The number of benzene rings is 2. The molecule has 0 spiro atoms. The minimum Gasteiger partial charge on any atom is -0.480 e. The molecule has 8 heteroatoms. The molecule has 0 aliphatic rings. The first-order valence-electron chi connectivity index (χ1n) is 10.6. The maximum absolute atomic E-state index is 11.4. The van der Waals surface area contributed by atoms with E-state index in [2.05, 4.69) is 15.0 Å². The van der Waals surface area contributed by atoms with Crippen molar-refractivity contribution in [1.29, 1.82) is 0 Å². The minimum atomic E-state index is -0.879. The molecule has 0 unspecified atom stereocenters. The van der Waals surface area contributed by atoms with Gasteiger partial charge in [-0.2, -0.15) is 0 Å². The van der Waals surface area contributed by atoms with Gasteiger partial charge < -0.3 is 9.52 Å². The van der Waals surface area contributed by atoms with E-state index in [1.165, 1.54) is 11.8 Å². The summed E-state index contributed by atoms with van der Waals surface area (Å²) >= 11 is 1.34. The number of para-hydroxylation sites is 1. The summed E-state index contributed by atoms with van der Waals surface area (Å²) in [6, 6.07) is 21.7. The third kappa shape index (κ3) is 6.12. The average Bonchev–Trinajstić information content (AvgIpc) is 3.48. The number of carboxylic acid groups (broad SMARTS) is 1. The first-order chi connectivity index (χ1) is 15.9. The highest BCUT2D eigenvalue weighted by molar-refractivity contribution is 8.01. The zero-order valence-electron chi connectivity index (χ0n) is 18.6. The first kappa shape index (κ1) is 22.8. The van der Waals surface area contributed by atoms with Gasteiger partial charge in [0.15, 0.2) is 5.82 Å². The van der Waals surface area contributed by atoms with Crippen molar-refractivity contribution in [2.45, 2.75) is 43.1 Å². The molecule has 1 N–H and O–H groups in total. The summed E-state index contributed by atoms with van der Waals surface area (Å²) in [5.41, 5.74) is 2.08. The lowest BCUT2D eigenvalue weighted by atomic mass is 10.2. The van der Waals surface area contributed by atoms with Crippen LogP contribution in [0.4, 0.5) is 0 Å². The summed E-state index contributed by atoms with van der Waals surface area (Å²) in [5.74, 6) is 0.761. The summed E-state index contributed by atoms with van der Waals surface area (Å²) in [7, 11) is 0. The first-order valence-corrected chi connectivity index (χ1v) is 11.4. The molecule has 0 aliphatic carbocycles. The van der Waals surface area contributed by atoms with Crippen LogP contribution >= 0.6 is 11.8 Å². The smallest absolute Gasteiger partial charge is 0.319 e. The highest BCUT2D eigenvalue weighted by Crippen LogP contribution is 2.32. The number of carbonyl (C=O) groups is 1. The Balaban J connectivity index is 1.47. The Morgan fingerprint density at radius 3 is 2.45 bits per heavy atom. The Hall–Kier alpha value is -3.36. The number of aromatic nitrogens is 3. The van der Waals surface area contributed by atoms with Crippen LogP contribution in [-0.2, 0) is 24.4 Å². The third-order valence-corrected chi connectivity index (χ3v) is 6.29. The summed E-state index contributed by atoms with van der Waals surface area (Å²) in [5, 5.41) is 14.0. The number of rotatable bonds is 10. The van der Waals surface area contributed by atoms with Gasteiger partial charge in [0.1, 0.15) is 16.8 Å². The second-order valence-electron chi connectivity index (χ2n) is 8.23. The number of carboxylic acids is 1. The van der Waals surface area contributed by atoms with Crippen molar-refractivity contribution in [3.63, 3.8) is 0 Å². The molecule has 2 aromatic carbocycles. The molecule has 7 nitrogen and oxygen atoms in total. The molecule has 0 amide bonds. The van der Waals surface area contributed by atoms with Crippen LogP contribution in [0.3, 0.4) is 0 Å². The standard InChI is InChI=1S/C25H26N4O3S/c1-25(2,24(30)31)33-22-12-10-19(11-13-22)15-28(16-21-9-6-14-32-21)17-23-26-18-29(27-23)20-7-4-3-5-8-20/h3-14,18H,15-17H2,1-2H3,(H,30,31). The fourth-order valence-corrected chi connectivity index (χ4v) is 4.27. The van der Waals surface area contributed by atoms with Gasteiger partial charge in [-0.05, 0) is 55.8 Å². The van der Waals surface area contributed by atoms with Gasteiger partial charge in [0, 0.05) is 11.4 Å². The molecule has 0 atom stereocenters. The van der Waals surface area contributed by atoms with Gasteiger partial charge in [-0.25, -0.2) is 9.67 Å². The van der Waals surface area contributed by atoms with Crippen LogP contribution in [0.1, 0.15) is 31.0 Å². The van der Waals surface area contributed by atoms with E-state index in [1.54, 1.807) is 31.1 Å². The predicted octanol–water partition coefficient (Wildman–Crippen LogP) is 5.02. The van der Waals surface area contributed by atoms with Crippen LogP contribution in [0, 0.1) is 0 Å². The molecular formula is C25H26N4O3S. The quantitative estimate of drug-likeness (QED) is 0.331. The Kier molecular flexibility index (Phi) is 6.96. The maximum atomic E-state index is 11.4. The zero-order valence-corrected chi connectivity index (χ0v) is 19.4. The van der Waals surface area contributed by atoms with Crippen LogP contribution < -0.4 is 0 Å². The normalized spacial score (nSPS) is 11.7. The van der Waals surface area contributed by atoms with Crippen LogP contribution in [0.15, 0.2) is 88.6 Å². The predicted molar refractivity (Wildman–Crippen MR) is 127 cm³/mol. The number of nitrogens with zero attached hydrogens (tertiary/aromatic N) is 4. The second-order valence-corrected chi connectivity index (χ2v) is 9.92. The van der Waals surface area contributed by atoms with Gasteiger partial charge in [-0.3, -0.25) is 9.69 Å². The Morgan fingerprint density at radius 2 is 1.79 bits per heavy atom. The van der Waals surface area contributed by atoms with Gasteiger partial charge >= 0.3 is 5.97 Å². The molecule has 4 aromatic rings. The lowest BCUT2D eigenvalue weighted by Gasteiger charge is -2.21. The van der Waals surface area contributed by atoms with Crippen molar-refractivity contribution >= 4 is 17.7 Å². The van der Waals surface area contributed by atoms with Gasteiger partial charge in [-0.15, -0.1) is 16.9 Å². The van der Waals surface area contributed by atoms with Crippen LogP contribution in [0.25, 0.3) is 5.69 Å². The highest BCUT2D eigenvalue weighted by Gasteiger charge is 2.28. The van der Waals surface area contributed by atoms with Crippen LogP contribution in [-0.4, -0.2) is 35.5 Å². The summed E-state index contributed by atoms with van der Waals surface area (Å²) in [4.78, 5) is 19.0. The van der Waals surface area contributed by atoms with Crippen LogP contribution in [0.2, 0.25) is 0 Å². The lowest BCUT2D eigenvalue weighted by molar-refractivity contribution is -0.138. The molecule has 2 aromatic heterocycles. The molecule has 0 aliphatic heterocycles. The largest absolute Gasteiger partial charge is 0.480 e. The molecule has 4 rings (SSSR count). The molecule has 0 saturated heterocycles. The van der Waals surface area contributed by atoms with Crippen molar-refractivity contribution in [3.05, 3.63) is 96.5 Å². The fourth-order valence-electron chi connectivity index (χ4n) is 3.32.